The maximum Gasteiger partial charge on any atom is 0.225 e. The van der Waals surface area contributed by atoms with Crippen molar-refractivity contribution in [1.29, 1.82) is 0 Å². The third-order valence-corrected chi connectivity index (χ3v) is 2.24. The minimum Gasteiger partial charge on any atom is -0.211 e. The Kier molecular flexibility index (Phi) is 2.83. The lowest BCUT2D eigenvalue weighted by Crippen LogP contribution is -2.08. The van der Waals surface area contributed by atoms with E-state index in [0.717, 1.165) is 5.56 Å². The summed E-state index contributed by atoms with van der Waals surface area (Å²) < 4.78 is 20.9. The van der Waals surface area contributed by atoms with E-state index in [4.69, 9.17) is 5.14 Å². The molecule has 0 spiro atoms. The lowest BCUT2D eigenvalue weighted by molar-refractivity contribution is 0.595. The van der Waals surface area contributed by atoms with Gasteiger partial charge in [0.15, 0.2) is 0 Å². The summed E-state index contributed by atoms with van der Waals surface area (Å²) >= 11 is 0. The van der Waals surface area contributed by atoms with Crippen LogP contribution in [0.3, 0.4) is 0 Å². The molecule has 0 heterocycles. The van der Waals surface area contributed by atoms with Crippen LogP contribution in [0.2, 0.25) is 0 Å². The van der Waals surface area contributed by atoms with E-state index in [0.29, 0.717) is 6.42 Å². The highest BCUT2D eigenvalue weighted by molar-refractivity contribution is 7.88. The molecule has 1 aromatic rings. The normalized spacial score (nSPS) is 11.4. The molecule has 0 atom stereocenters. The second-order valence-electron chi connectivity index (χ2n) is 2.55. The molecule has 0 saturated heterocycles. The molecule has 0 saturated carbocycles. The first-order valence-electron chi connectivity index (χ1n) is 3.59. The van der Waals surface area contributed by atoms with E-state index in [1.165, 1.54) is 0 Å². The van der Waals surface area contributed by atoms with Crippen LogP contribution in [0.5, 0.6) is 0 Å². The van der Waals surface area contributed by atoms with E-state index < -0.39 is 10.0 Å². The fourth-order valence-electron chi connectivity index (χ4n) is 0.897. The van der Waals surface area contributed by atoms with Gasteiger partial charge in [0.2, 0.25) is 10.0 Å². The van der Waals surface area contributed by atoms with Gasteiger partial charge in [0.1, 0.15) is 0 Å². The summed E-state index contributed by atoms with van der Waals surface area (Å²) in [6.45, 7) is 0. The molecule has 4 heteroatoms. The van der Waals surface area contributed by atoms with Gasteiger partial charge < -0.3 is 0 Å². The van der Waals surface area contributed by atoms with Crippen LogP contribution in [-0.4, -0.2) is 14.2 Å². The zero-order valence-electron chi connectivity index (χ0n) is 6.53. The monoisotopic (exact) mass is 184 g/mol. The Hall–Kier alpha value is -0.870. The standard InChI is InChI=1S/C8H10NO2S/c9-12(10,11)7-6-8-4-2-1-3-5-8/h1-5,9H,6-7H2. The summed E-state index contributed by atoms with van der Waals surface area (Å²) in [6.07, 6.45) is 0.423. The first-order valence-corrected chi connectivity index (χ1v) is 5.24. The average Bonchev–Trinajstić information content (AvgIpc) is 2.02. The quantitative estimate of drug-likeness (QED) is 0.699. The number of rotatable bonds is 3. The van der Waals surface area contributed by atoms with E-state index >= 15 is 0 Å². The molecule has 1 N–H and O–H groups in total. The van der Waals surface area contributed by atoms with Gasteiger partial charge in [-0.05, 0) is 12.0 Å². The highest BCUT2D eigenvalue weighted by atomic mass is 32.2. The van der Waals surface area contributed by atoms with Crippen LogP contribution >= 0.6 is 0 Å². The second kappa shape index (κ2) is 3.69. The molecule has 3 nitrogen and oxygen atoms in total. The van der Waals surface area contributed by atoms with Gasteiger partial charge in [-0.15, -0.1) is 5.14 Å². The maximum absolute atomic E-state index is 10.5. The zero-order chi connectivity index (χ0) is 9.03. The number of sulfonamides is 1. The Morgan fingerprint density at radius 1 is 1.17 bits per heavy atom. The van der Waals surface area contributed by atoms with Crippen molar-refractivity contribution in [3.8, 4) is 0 Å². The summed E-state index contributed by atoms with van der Waals surface area (Å²) in [5.74, 6) is -0.100. The number of nitrogens with one attached hydrogen (secondary N) is 1. The van der Waals surface area contributed by atoms with Crippen LogP contribution in [0, 0.1) is 0 Å². The van der Waals surface area contributed by atoms with Crippen LogP contribution in [0.1, 0.15) is 5.56 Å². The van der Waals surface area contributed by atoms with Gasteiger partial charge in [-0.1, -0.05) is 30.3 Å². The van der Waals surface area contributed by atoms with E-state index in [1.807, 2.05) is 30.3 Å². The van der Waals surface area contributed by atoms with Crippen molar-refractivity contribution in [2.24, 2.45) is 0 Å². The predicted octanol–water partition coefficient (Wildman–Crippen LogP) is 0.842. The predicted molar refractivity (Wildman–Crippen MR) is 47.0 cm³/mol. The lowest BCUT2D eigenvalue weighted by Gasteiger charge is -1.97. The third kappa shape index (κ3) is 3.50. The smallest absolute Gasteiger partial charge is 0.211 e. The van der Waals surface area contributed by atoms with E-state index in [9.17, 15) is 8.42 Å². The Morgan fingerprint density at radius 2 is 1.75 bits per heavy atom. The minimum absolute atomic E-state index is 0.100. The van der Waals surface area contributed by atoms with Crippen LogP contribution in [-0.2, 0) is 16.4 Å². The fourth-order valence-corrected chi connectivity index (χ4v) is 1.40. The molecule has 0 aliphatic rings. The maximum atomic E-state index is 10.5. The Balaban J connectivity index is 2.56. The number of hydrogen-bond acceptors (Lipinski definition) is 2. The molecular weight excluding hydrogens is 174 g/mol. The van der Waals surface area contributed by atoms with Crippen molar-refractivity contribution in [3.05, 3.63) is 35.9 Å². The number of hydrogen-bond donors (Lipinski definition) is 0. The molecule has 0 aliphatic carbocycles. The van der Waals surface area contributed by atoms with E-state index in [-0.39, 0.29) is 5.75 Å². The Bertz CT molecular complexity index is 331. The van der Waals surface area contributed by atoms with Gasteiger partial charge in [-0.2, -0.15) is 0 Å². The SMILES string of the molecule is [NH]S(=O)(=O)CCc1ccccc1. The molecule has 1 rings (SSSR count). The lowest BCUT2D eigenvalue weighted by atomic mass is 10.2. The first-order chi connectivity index (χ1) is 5.58. The summed E-state index contributed by atoms with van der Waals surface area (Å²) in [7, 11) is -3.57. The van der Waals surface area contributed by atoms with Crippen LogP contribution in [0.4, 0.5) is 0 Å². The fraction of sp³-hybridized carbons (Fsp3) is 0.250. The highest BCUT2D eigenvalue weighted by Gasteiger charge is 2.02. The molecule has 65 valence electrons. The minimum atomic E-state index is -3.57. The molecule has 0 amide bonds. The van der Waals surface area contributed by atoms with Gasteiger partial charge in [0, 0.05) is 0 Å². The third-order valence-electron chi connectivity index (χ3n) is 1.50. The molecule has 1 aromatic carbocycles. The topological polar surface area (TPSA) is 57.9 Å². The van der Waals surface area contributed by atoms with Gasteiger partial charge in [-0.3, -0.25) is 0 Å². The van der Waals surface area contributed by atoms with Crippen molar-refractivity contribution < 1.29 is 8.42 Å². The summed E-state index contributed by atoms with van der Waals surface area (Å²) in [4.78, 5) is 0. The van der Waals surface area contributed by atoms with Gasteiger partial charge in [0.05, 0.1) is 5.75 Å². The van der Waals surface area contributed by atoms with Crippen molar-refractivity contribution in [2.45, 2.75) is 6.42 Å². The summed E-state index contributed by atoms with van der Waals surface area (Å²) in [5.41, 5.74) is 0.952. The molecule has 12 heavy (non-hydrogen) atoms. The van der Waals surface area contributed by atoms with Crippen LogP contribution < -0.4 is 5.14 Å². The van der Waals surface area contributed by atoms with Crippen LogP contribution in [0.25, 0.3) is 0 Å². The summed E-state index contributed by atoms with van der Waals surface area (Å²) in [5, 5.41) is 6.65. The molecule has 0 unspecified atom stereocenters. The zero-order valence-corrected chi connectivity index (χ0v) is 7.34. The molecule has 0 fully saturated rings. The molecule has 1 radical (unpaired) electrons. The number of benzene rings is 1. The van der Waals surface area contributed by atoms with Crippen molar-refractivity contribution in [1.82, 2.24) is 5.14 Å². The first kappa shape index (κ1) is 9.22. The second-order valence-corrected chi connectivity index (χ2v) is 4.19. The molecular formula is C8H10NO2S. The Morgan fingerprint density at radius 3 is 2.25 bits per heavy atom. The Labute approximate surface area is 72.3 Å². The average molecular weight is 184 g/mol. The summed E-state index contributed by atoms with van der Waals surface area (Å²) in [6, 6.07) is 9.28. The van der Waals surface area contributed by atoms with E-state index in [1.54, 1.807) is 0 Å². The number of aryl methyl sites for hydroxylation is 1. The van der Waals surface area contributed by atoms with Crippen molar-refractivity contribution >= 4 is 10.0 Å². The molecule has 0 aliphatic heterocycles. The van der Waals surface area contributed by atoms with Gasteiger partial charge in [0.25, 0.3) is 0 Å². The molecule has 0 aromatic heterocycles. The van der Waals surface area contributed by atoms with Crippen LogP contribution in [0.15, 0.2) is 30.3 Å². The molecule has 0 bridgehead atoms. The van der Waals surface area contributed by atoms with Crippen molar-refractivity contribution in [2.75, 3.05) is 5.75 Å². The largest absolute Gasteiger partial charge is 0.225 e. The van der Waals surface area contributed by atoms with Gasteiger partial charge >= 0.3 is 0 Å². The van der Waals surface area contributed by atoms with Crippen molar-refractivity contribution in [3.63, 3.8) is 0 Å². The van der Waals surface area contributed by atoms with E-state index in [2.05, 4.69) is 0 Å². The highest BCUT2D eigenvalue weighted by Crippen LogP contribution is 2.00. The van der Waals surface area contributed by atoms with Gasteiger partial charge in [-0.25, -0.2) is 8.42 Å².